The van der Waals surface area contributed by atoms with E-state index in [1.807, 2.05) is 13.8 Å². The molecular formula is C23H44N10O5. The van der Waals surface area contributed by atoms with Crippen molar-refractivity contribution >= 4 is 35.6 Å². The minimum atomic E-state index is -1.17. The van der Waals surface area contributed by atoms with E-state index in [1.54, 1.807) is 0 Å². The van der Waals surface area contributed by atoms with Crippen molar-refractivity contribution in [2.24, 2.45) is 44.6 Å². The van der Waals surface area contributed by atoms with Crippen molar-refractivity contribution in [2.45, 2.75) is 83.0 Å². The molecular weight excluding hydrogens is 496 g/mol. The Hall–Kier alpha value is -3.62. The van der Waals surface area contributed by atoms with Crippen LogP contribution in [0.3, 0.4) is 0 Å². The van der Waals surface area contributed by atoms with Crippen LogP contribution in [0.2, 0.25) is 0 Å². The second-order valence-corrected chi connectivity index (χ2v) is 9.78. The van der Waals surface area contributed by atoms with Gasteiger partial charge in [0.15, 0.2) is 11.9 Å². The maximum Gasteiger partial charge on any atom is 0.326 e. The third-order valence-electron chi connectivity index (χ3n) is 6.02. The highest BCUT2D eigenvalue weighted by atomic mass is 16.4. The fourth-order valence-electron chi connectivity index (χ4n) is 4.16. The Bertz CT molecular complexity index is 871. The summed E-state index contributed by atoms with van der Waals surface area (Å²) in [6.07, 6.45) is 2.58. The first kappa shape index (κ1) is 32.4. The van der Waals surface area contributed by atoms with Crippen LogP contribution >= 0.6 is 0 Å². The first-order valence-electron chi connectivity index (χ1n) is 12.8. The van der Waals surface area contributed by atoms with Crippen molar-refractivity contribution < 1.29 is 24.3 Å². The molecule has 1 saturated heterocycles. The maximum absolute atomic E-state index is 13.2. The monoisotopic (exact) mass is 540 g/mol. The van der Waals surface area contributed by atoms with Gasteiger partial charge in [-0.2, -0.15) is 0 Å². The molecule has 0 aliphatic carbocycles. The van der Waals surface area contributed by atoms with Gasteiger partial charge in [-0.3, -0.25) is 24.4 Å². The Morgan fingerprint density at radius 3 is 2.05 bits per heavy atom. The topological polar surface area (TPSA) is 271 Å². The first-order valence-corrected chi connectivity index (χ1v) is 12.8. The van der Waals surface area contributed by atoms with Gasteiger partial charge in [0, 0.05) is 19.6 Å². The fourth-order valence-corrected chi connectivity index (χ4v) is 4.16. The van der Waals surface area contributed by atoms with E-state index in [0.717, 1.165) is 0 Å². The molecule has 0 spiro atoms. The number of aliphatic imine (C=N–C) groups is 2. The van der Waals surface area contributed by atoms with E-state index in [0.29, 0.717) is 45.2 Å². The predicted octanol–water partition coefficient (Wildman–Crippen LogP) is -2.49. The Morgan fingerprint density at radius 1 is 0.947 bits per heavy atom. The van der Waals surface area contributed by atoms with Crippen LogP contribution in [0.5, 0.6) is 0 Å². The summed E-state index contributed by atoms with van der Waals surface area (Å²) in [5.74, 6) is -2.81. The summed E-state index contributed by atoms with van der Waals surface area (Å²) in [6, 6.07) is -3.79. The van der Waals surface area contributed by atoms with Gasteiger partial charge in [0.25, 0.3) is 0 Å². The molecule has 0 aromatic rings. The van der Waals surface area contributed by atoms with Gasteiger partial charge in [-0.1, -0.05) is 13.8 Å². The summed E-state index contributed by atoms with van der Waals surface area (Å²) < 4.78 is 0. The van der Waals surface area contributed by atoms with Gasteiger partial charge in [-0.15, -0.1) is 0 Å². The highest BCUT2D eigenvalue weighted by Gasteiger charge is 2.37. The Morgan fingerprint density at radius 2 is 1.53 bits per heavy atom. The van der Waals surface area contributed by atoms with Gasteiger partial charge in [-0.25, -0.2) is 4.79 Å². The summed E-state index contributed by atoms with van der Waals surface area (Å²) >= 11 is 0. The summed E-state index contributed by atoms with van der Waals surface area (Å²) in [6.45, 7) is 4.59. The molecule has 0 bridgehead atoms. The van der Waals surface area contributed by atoms with Crippen LogP contribution in [0.4, 0.5) is 0 Å². The number of nitrogens with two attached hydrogens (primary N) is 5. The molecule has 1 heterocycles. The lowest BCUT2D eigenvalue weighted by Crippen LogP contribution is -2.56. The zero-order chi connectivity index (χ0) is 28.8. The Kier molecular flexibility index (Phi) is 13.9. The molecule has 1 aliphatic heterocycles. The van der Waals surface area contributed by atoms with Gasteiger partial charge in [0.1, 0.15) is 18.1 Å². The number of carboxylic acid groups (broad SMARTS) is 1. The molecule has 38 heavy (non-hydrogen) atoms. The number of carbonyl (C=O) groups is 4. The number of amides is 3. The number of likely N-dealkylation sites (tertiary alicyclic amines) is 1. The number of carbonyl (C=O) groups excluding carboxylic acids is 3. The van der Waals surface area contributed by atoms with E-state index in [9.17, 15) is 24.3 Å². The third-order valence-corrected chi connectivity index (χ3v) is 6.02. The molecule has 3 amide bonds. The summed E-state index contributed by atoms with van der Waals surface area (Å²) in [5, 5.41) is 14.7. The summed E-state index contributed by atoms with van der Waals surface area (Å²) in [4.78, 5) is 60.0. The number of guanidine groups is 2. The molecule has 0 aromatic heterocycles. The van der Waals surface area contributed by atoms with Gasteiger partial charge in [0.2, 0.25) is 17.7 Å². The molecule has 216 valence electrons. The molecule has 0 saturated carbocycles. The van der Waals surface area contributed by atoms with Gasteiger partial charge in [-0.05, 0) is 50.9 Å². The molecule has 4 unspecified atom stereocenters. The molecule has 0 aromatic carbocycles. The fraction of sp³-hybridized carbons (Fsp3) is 0.739. The minimum absolute atomic E-state index is 0.0213. The number of rotatable bonds is 16. The maximum atomic E-state index is 13.2. The van der Waals surface area contributed by atoms with E-state index < -0.39 is 42.0 Å². The van der Waals surface area contributed by atoms with Crippen LogP contribution in [0, 0.1) is 5.92 Å². The molecule has 15 heteroatoms. The standard InChI is InChI=1S/C23H44N10O5/c1-13(2)12-16(21(37)38)32-18(34)15(7-4-10-30-23(27)28)31-19(35)17-8-5-11-33(17)20(36)14(24)6-3-9-29-22(25)26/h13-17H,3-12,24H2,1-2H3,(H,31,35)(H,32,34)(H,37,38)(H4,25,26,29)(H4,27,28,30). The zero-order valence-electron chi connectivity index (χ0n) is 22.3. The number of carboxylic acids is 1. The zero-order valence-corrected chi connectivity index (χ0v) is 22.3. The van der Waals surface area contributed by atoms with Crippen LogP contribution in [0.25, 0.3) is 0 Å². The van der Waals surface area contributed by atoms with Crippen LogP contribution in [-0.2, 0) is 19.2 Å². The SMILES string of the molecule is CC(C)CC(NC(=O)C(CCCN=C(N)N)NC(=O)C1CCCN1C(=O)C(N)CCCN=C(N)N)C(=O)O. The molecule has 4 atom stereocenters. The van der Waals surface area contributed by atoms with Crippen LogP contribution in [0.1, 0.15) is 58.8 Å². The van der Waals surface area contributed by atoms with Crippen LogP contribution < -0.4 is 39.3 Å². The van der Waals surface area contributed by atoms with Crippen molar-refractivity contribution in [3.05, 3.63) is 0 Å². The van der Waals surface area contributed by atoms with Crippen molar-refractivity contribution in [3.63, 3.8) is 0 Å². The molecule has 1 aliphatic rings. The summed E-state index contributed by atoms with van der Waals surface area (Å²) in [7, 11) is 0. The molecule has 1 rings (SSSR count). The second-order valence-electron chi connectivity index (χ2n) is 9.78. The highest BCUT2D eigenvalue weighted by Crippen LogP contribution is 2.20. The van der Waals surface area contributed by atoms with Crippen molar-refractivity contribution in [1.29, 1.82) is 0 Å². The van der Waals surface area contributed by atoms with E-state index in [4.69, 9.17) is 28.7 Å². The van der Waals surface area contributed by atoms with Crippen molar-refractivity contribution in [2.75, 3.05) is 19.6 Å². The summed E-state index contributed by atoms with van der Waals surface area (Å²) in [5.41, 5.74) is 27.4. The lowest BCUT2D eigenvalue weighted by Gasteiger charge is -2.28. The van der Waals surface area contributed by atoms with Crippen LogP contribution in [0.15, 0.2) is 9.98 Å². The Balaban J connectivity index is 2.91. The Labute approximate surface area is 223 Å². The lowest BCUT2D eigenvalue weighted by atomic mass is 10.0. The van der Waals surface area contributed by atoms with E-state index >= 15 is 0 Å². The van der Waals surface area contributed by atoms with E-state index in [2.05, 4.69) is 20.6 Å². The van der Waals surface area contributed by atoms with E-state index in [-0.39, 0.29) is 43.1 Å². The second kappa shape index (κ2) is 16.3. The van der Waals surface area contributed by atoms with Crippen LogP contribution in [-0.4, -0.2) is 89.4 Å². The molecule has 13 N–H and O–H groups in total. The molecule has 15 nitrogen and oxygen atoms in total. The smallest absolute Gasteiger partial charge is 0.326 e. The van der Waals surface area contributed by atoms with Crippen molar-refractivity contribution in [3.8, 4) is 0 Å². The number of hydrogen-bond acceptors (Lipinski definition) is 7. The molecule has 1 fully saturated rings. The third kappa shape index (κ3) is 11.6. The predicted molar refractivity (Wildman–Crippen MR) is 143 cm³/mol. The minimum Gasteiger partial charge on any atom is -0.480 e. The lowest BCUT2D eigenvalue weighted by molar-refractivity contribution is -0.143. The quantitative estimate of drug-likeness (QED) is 0.0579. The number of aliphatic carboxylic acids is 1. The first-order chi connectivity index (χ1) is 17.8. The number of nitrogens with zero attached hydrogens (tertiary/aromatic N) is 3. The number of hydrogen-bond donors (Lipinski definition) is 8. The van der Waals surface area contributed by atoms with E-state index in [1.165, 1.54) is 4.90 Å². The van der Waals surface area contributed by atoms with Gasteiger partial charge in [0.05, 0.1) is 6.04 Å². The van der Waals surface area contributed by atoms with Gasteiger partial charge < -0.3 is 49.3 Å². The van der Waals surface area contributed by atoms with Gasteiger partial charge >= 0.3 is 5.97 Å². The number of nitrogens with one attached hydrogen (secondary N) is 2. The largest absolute Gasteiger partial charge is 0.480 e. The molecule has 0 radical (unpaired) electrons. The average molecular weight is 541 g/mol. The normalized spacial score (nSPS) is 17.3. The van der Waals surface area contributed by atoms with Crippen molar-refractivity contribution in [1.82, 2.24) is 15.5 Å². The highest BCUT2D eigenvalue weighted by molar-refractivity contribution is 5.94. The average Bonchev–Trinajstić information content (AvgIpc) is 3.32.